The Labute approximate surface area is 166 Å². The van der Waals surface area contributed by atoms with E-state index in [4.69, 9.17) is 0 Å². The third kappa shape index (κ3) is 4.72. The second kappa shape index (κ2) is 8.75. The van der Waals surface area contributed by atoms with Crippen molar-refractivity contribution >= 4 is 11.6 Å². The summed E-state index contributed by atoms with van der Waals surface area (Å²) in [6.07, 6.45) is 0.541. The predicted octanol–water partition coefficient (Wildman–Crippen LogP) is 1.12. The smallest absolute Gasteiger partial charge is 0.221 e. The number of anilines is 1. The molecule has 1 aromatic heterocycles. The fourth-order valence-electron chi connectivity index (χ4n) is 3.93. The number of hydrogen-bond acceptors (Lipinski definition) is 5. The van der Waals surface area contributed by atoms with Gasteiger partial charge in [-0.15, -0.1) is 0 Å². The average molecular weight is 383 g/mol. The Morgan fingerprint density at radius 3 is 2.82 bits per heavy atom. The van der Waals surface area contributed by atoms with Crippen LogP contribution in [0.25, 0.3) is 0 Å². The number of piperazine rings is 1. The standard InChI is InChI=1S/C21H30N6O/c1-17-3-2-4-19(13-17)26-11-9-25(10-12-26)7-5-21(28)23-15-18-14-20-16-22-6-8-27(20)24-18/h2-4,13-14,22H,5-12,15-16H2,1H3,(H,23,28). The van der Waals surface area contributed by atoms with E-state index in [-0.39, 0.29) is 5.91 Å². The van der Waals surface area contributed by atoms with Crippen molar-refractivity contribution in [1.82, 2.24) is 25.3 Å². The lowest BCUT2D eigenvalue weighted by molar-refractivity contribution is -0.121. The maximum absolute atomic E-state index is 12.2. The molecule has 1 fully saturated rings. The van der Waals surface area contributed by atoms with Gasteiger partial charge in [0.1, 0.15) is 0 Å². The van der Waals surface area contributed by atoms with Crippen LogP contribution in [0.3, 0.4) is 0 Å². The van der Waals surface area contributed by atoms with E-state index in [1.165, 1.54) is 16.9 Å². The van der Waals surface area contributed by atoms with Crippen LogP contribution in [0.4, 0.5) is 5.69 Å². The van der Waals surface area contributed by atoms with Crippen LogP contribution in [0.2, 0.25) is 0 Å². The average Bonchev–Trinajstić information content (AvgIpc) is 3.14. The van der Waals surface area contributed by atoms with Crippen LogP contribution in [0.1, 0.15) is 23.4 Å². The molecule has 0 bridgehead atoms. The lowest BCUT2D eigenvalue weighted by atomic mass is 10.2. The molecule has 0 atom stereocenters. The molecular weight excluding hydrogens is 352 g/mol. The number of amides is 1. The molecule has 0 saturated carbocycles. The SMILES string of the molecule is Cc1cccc(N2CCN(CCC(=O)NCc3cc4n(n3)CCNC4)CC2)c1. The molecule has 7 heteroatoms. The van der Waals surface area contributed by atoms with Gasteiger partial charge in [0.25, 0.3) is 0 Å². The number of carbonyl (C=O) groups excluding carboxylic acids is 1. The first kappa shape index (κ1) is 19.0. The molecule has 1 aromatic carbocycles. The lowest BCUT2D eigenvalue weighted by Crippen LogP contribution is -2.47. The summed E-state index contributed by atoms with van der Waals surface area (Å²) < 4.78 is 2.03. The van der Waals surface area contributed by atoms with Gasteiger partial charge in [0, 0.05) is 57.9 Å². The number of aromatic nitrogens is 2. The van der Waals surface area contributed by atoms with Crippen molar-refractivity contribution in [2.24, 2.45) is 0 Å². The van der Waals surface area contributed by atoms with Gasteiger partial charge in [0.15, 0.2) is 0 Å². The molecule has 2 aliphatic rings. The summed E-state index contributed by atoms with van der Waals surface area (Å²) in [4.78, 5) is 17.0. The molecule has 2 aromatic rings. The van der Waals surface area contributed by atoms with Crippen LogP contribution in [0.15, 0.2) is 30.3 Å². The molecule has 2 aliphatic heterocycles. The van der Waals surface area contributed by atoms with Crippen LogP contribution in [-0.4, -0.2) is 59.9 Å². The van der Waals surface area contributed by atoms with Crippen LogP contribution in [-0.2, 0) is 24.4 Å². The Morgan fingerprint density at radius 1 is 1.18 bits per heavy atom. The first-order chi connectivity index (χ1) is 13.7. The summed E-state index contributed by atoms with van der Waals surface area (Å²) in [5.74, 6) is 0.102. The number of benzene rings is 1. The molecular formula is C21H30N6O. The van der Waals surface area contributed by atoms with Crippen LogP contribution >= 0.6 is 0 Å². The monoisotopic (exact) mass is 382 g/mol. The van der Waals surface area contributed by atoms with E-state index in [2.05, 4.69) is 62.8 Å². The topological polar surface area (TPSA) is 65.4 Å². The molecule has 0 unspecified atom stereocenters. The lowest BCUT2D eigenvalue weighted by Gasteiger charge is -2.36. The van der Waals surface area contributed by atoms with Gasteiger partial charge < -0.3 is 15.5 Å². The van der Waals surface area contributed by atoms with Crippen molar-refractivity contribution < 1.29 is 4.79 Å². The molecule has 0 radical (unpaired) electrons. The Kier molecular flexibility index (Phi) is 5.92. The van der Waals surface area contributed by atoms with Gasteiger partial charge in [-0.1, -0.05) is 12.1 Å². The quantitative estimate of drug-likeness (QED) is 0.784. The van der Waals surface area contributed by atoms with E-state index in [0.29, 0.717) is 13.0 Å². The highest BCUT2D eigenvalue weighted by atomic mass is 16.1. The predicted molar refractivity (Wildman–Crippen MR) is 110 cm³/mol. The second-order valence-corrected chi connectivity index (χ2v) is 7.72. The van der Waals surface area contributed by atoms with Crippen molar-refractivity contribution in [1.29, 1.82) is 0 Å². The van der Waals surface area contributed by atoms with Crippen molar-refractivity contribution in [2.75, 3.05) is 44.2 Å². The van der Waals surface area contributed by atoms with Crippen molar-refractivity contribution in [3.63, 3.8) is 0 Å². The minimum atomic E-state index is 0.102. The molecule has 3 heterocycles. The first-order valence-electron chi connectivity index (χ1n) is 10.2. The van der Waals surface area contributed by atoms with E-state index in [1.807, 2.05) is 4.68 Å². The Hall–Kier alpha value is -2.38. The fourth-order valence-corrected chi connectivity index (χ4v) is 3.93. The molecule has 1 amide bonds. The number of aryl methyl sites for hydroxylation is 1. The van der Waals surface area contributed by atoms with Gasteiger partial charge in [-0.25, -0.2) is 0 Å². The summed E-state index contributed by atoms with van der Waals surface area (Å²) in [5.41, 5.74) is 4.74. The number of rotatable bonds is 6. The highest BCUT2D eigenvalue weighted by molar-refractivity contribution is 5.76. The minimum absolute atomic E-state index is 0.102. The minimum Gasteiger partial charge on any atom is -0.369 e. The molecule has 0 aliphatic carbocycles. The fraction of sp³-hybridized carbons (Fsp3) is 0.524. The van der Waals surface area contributed by atoms with Crippen LogP contribution in [0.5, 0.6) is 0 Å². The zero-order valence-corrected chi connectivity index (χ0v) is 16.7. The molecule has 1 saturated heterocycles. The molecule has 2 N–H and O–H groups in total. The summed E-state index contributed by atoms with van der Waals surface area (Å²) in [6.45, 7) is 10.2. The number of nitrogens with one attached hydrogen (secondary N) is 2. The Bertz CT molecular complexity index is 785. The van der Waals surface area contributed by atoms with E-state index < -0.39 is 0 Å². The van der Waals surface area contributed by atoms with E-state index in [0.717, 1.165) is 58.1 Å². The van der Waals surface area contributed by atoms with Crippen LogP contribution < -0.4 is 15.5 Å². The zero-order valence-electron chi connectivity index (χ0n) is 16.7. The van der Waals surface area contributed by atoms with E-state index in [1.54, 1.807) is 0 Å². The van der Waals surface area contributed by atoms with Gasteiger partial charge >= 0.3 is 0 Å². The number of fused-ring (bicyclic) bond motifs is 1. The van der Waals surface area contributed by atoms with Gasteiger partial charge in [-0.3, -0.25) is 14.4 Å². The summed E-state index contributed by atoms with van der Waals surface area (Å²) in [6, 6.07) is 10.8. The summed E-state index contributed by atoms with van der Waals surface area (Å²) in [7, 11) is 0. The third-order valence-corrected chi connectivity index (χ3v) is 5.58. The first-order valence-corrected chi connectivity index (χ1v) is 10.2. The van der Waals surface area contributed by atoms with Gasteiger partial charge in [-0.2, -0.15) is 5.10 Å². The summed E-state index contributed by atoms with van der Waals surface area (Å²) >= 11 is 0. The van der Waals surface area contributed by atoms with E-state index in [9.17, 15) is 4.79 Å². The molecule has 4 rings (SSSR count). The number of nitrogens with zero attached hydrogens (tertiary/aromatic N) is 4. The third-order valence-electron chi connectivity index (χ3n) is 5.58. The molecule has 28 heavy (non-hydrogen) atoms. The molecule has 0 spiro atoms. The maximum Gasteiger partial charge on any atom is 0.221 e. The van der Waals surface area contributed by atoms with Gasteiger partial charge in [0.2, 0.25) is 5.91 Å². The summed E-state index contributed by atoms with van der Waals surface area (Å²) in [5, 5.41) is 10.9. The highest BCUT2D eigenvalue weighted by Crippen LogP contribution is 2.17. The molecule has 150 valence electrons. The Morgan fingerprint density at radius 2 is 2.04 bits per heavy atom. The van der Waals surface area contributed by atoms with Crippen LogP contribution in [0, 0.1) is 6.92 Å². The second-order valence-electron chi connectivity index (χ2n) is 7.72. The Balaban J connectivity index is 1.17. The number of hydrogen-bond donors (Lipinski definition) is 2. The maximum atomic E-state index is 12.2. The highest BCUT2D eigenvalue weighted by Gasteiger charge is 2.18. The van der Waals surface area contributed by atoms with Crippen molar-refractivity contribution in [3.8, 4) is 0 Å². The number of carbonyl (C=O) groups is 1. The molecule has 7 nitrogen and oxygen atoms in total. The zero-order chi connectivity index (χ0) is 19.3. The van der Waals surface area contributed by atoms with Crippen molar-refractivity contribution in [3.05, 3.63) is 47.3 Å². The van der Waals surface area contributed by atoms with Crippen molar-refractivity contribution in [2.45, 2.75) is 33.0 Å². The van der Waals surface area contributed by atoms with E-state index >= 15 is 0 Å². The van der Waals surface area contributed by atoms with Gasteiger partial charge in [-0.05, 0) is 30.7 Å². The largest absolute Gasteiger partial charge is 0.369 e. The van der Waals surface area contributed by atoms with Gasteiger partial charge in [0.05, 0.1) is 24.5 Å². The normalized spacial score (nSPS) is 17.4.